The average Bonchev–Trinajstić information content (AvgIpc) is 2.87. The van der Waals surface area contributed by atoms with E-state index in [4.69, 9.17) is 46.0 Å². The van der Waals surface area contributed by atoms with Crippen molar-refractivity contribution in [3.05, 3.63) is 36.4 Å². The van der Waals surface area contributed by atoms with Crippen LogP contribution in [0.2, 0.25) is 0 Å². The van der Waals surface area contributed by atoms with Crippen molar-refractivity contribution in [1.29, 1.82) is 0 Å². The van der Waals surface area contributed by atoms with Crippen LogP contribution in [0.1, 0.15) is 0 Å². The Balaban J connectivity index is 0.000000198. The van der Waals surface area contributed by atoms with E-state index >= 15 is 0 Å². The second-order valence-electron chi connectivity index (χ2n) is 8.07. The maximum atomic E-state index is 5.29. The van der Waals surface area contributed by atoms with Crippen molar-refractivity contribution in [2.24, 2.45) is 0 Å². The molecule has 4 rings (SSSR count). The third-order valence-electron chi connectivity index (χ3n) is 5.23. The van der Waals surface area contributed by atoms with Crippen LogP contribution >= 0.6 is 0 Å². The van der Waals surface area contributed by atoms with Crippen molar-refractivity contribution in [2.45, 2.75) is 0 Å². The standard InChI is InChI=1S/C14H18N2.C4H12B5O10/c1-15(2)12-9-5-7-11-8-6-10-13(14(11)12)16(3)4;1-10-5-14-6(11-2)17-9(16-5)18-7(12-3)15-8(13-4)19-9/h5-10H,1-4H3;1-4H3/q;-1/p+1. The molecule has 0 saturated carbocycles. The van der Waals surface area contributed by atoms with Gasteiger partial charge in [-0.1, -0.05) is 24.3 Å². The van der Waals surface area contributed by atoms with Crippen LogP contribution in [0.3, 0.4) is 0 Å². The van der Waals surface area contributed by atoms with Crippen LogP contribution in [-0.4, -0.2) is 92.9 Å². The van der Waals surface area contributed by atoms with Gasteiger partial charge in [-0.15, -0.1) is 0 Å². The first-order valence-electron chi connectivity index (χ1n) is 11.0. The van der Waals surface area contributed by atoms with E-state index in [-0.39, 0.29) is 0 Å². The van der Waals surface area contributed by atoms with E-state index in [1.807, 2.05) is 0 Å². The van der Waals surface area contributed by atoms with Gasteiger partial charge in [-0.05, 0) is 17.5 Å². The van der Waals surface area contributed by atoms with Gasteiger partial charge < -0.3 is 55.8 Å². The normalized spacial score (nSPS) is 17.7. The molecule has 2 fully saturated rings. The number of anilines is 1. The first-order valence-corrected chi connectivity index (χ1v) is 11.0. The van der Waals surface area contributed by atoms with Crippen LogP contribution in [-0.2, 0) is 46.0 Å². The Morgan fingerprint density at radius 1 is 0.714 bits per heavy atom. The van der Waals surface area contributed by atoms with E-state index in [0.29, 0.717) is 0 Å². The van der Waals surface area contributed by atoms with Crippen molar-refractivity contribution in [1.82, 2.24) is 0 Å². The highest BCUT2D eigenvalue weighted by atomic mass is 17.0. The highest BCUT2D eigenvalue weighted by Gasteiger charge is 2.55. The maximum absolute atomic E-state index is 5.29. The number of nitrogens with zero attached hydrogens (tertiary/aromatic N) is 1. The van der Waals surface area contributed by atoms with Gasteiger partial charge in [-0.2, -0.15) is 0 Å². The molecule has 0 atom stereocenters. The van der Waals surface area contributed by atoms with E-state index in [0.717, 1.165) is 0 Å². The fourth-order valence-corrected chi connectivity index (χ4v) is 3.60. The van der Waals surface area contributed by atoms with Gasteiger partial charge in [0.25, 0.3) is 0 Å². The lowest BCUT2D eigenvalue weighted by Crippen LogP contribution is -3.00. The molecular formula is C18H31B5N2O10. The first kappa shape index (κ1) is 28.0. The summed E-state index contributed by atoms with van der Waals surface area (Å²) in [6, 6.07) is 13.0. The zero-order chi connectivity index (χ0) is 25.6. The molecule has 17 heteroatoms. The Morgan fingerprint density at radius 2 is 1.14 bits per heavy atom. The largest absolute Gasteiger partial charge is 0.585 e. The van der Waals surface area contributed by atoms with Gasteiger partial charge in [0.2, 0.25) is 0 Å². The zero-order valence-electron chi connectivity index (χ0n) is 21.4. The Kier molecular flexibility index (Phi) is 10.0. The number of hydrogen-bond donors (Lipinski definition) is 1. The summed E-state index contributed by atoms with van der Waals surface area (Å²) in [5.74, 6) is 0. The molecule has 1 spiro atoms. The molecule has 2 aromatic rings. The molecule has 35 heavy (non-hydrogen) atoms. The van der Waals surface area contributed by atoms with Gasteiger partial charge in [0.1, 0.15) is 5.69 Å². The molecule has 188 valence electrons. The molecule has 1 N–H and O–H groups in total. The fraction of sp³-hybridized carbons (Fsp3) is 0.444. The van der Waals surface area contributed by atoms with Gasteiger partial charge in [-0.25, -0.2) is 0 Å². The maximum Gasteiger partial charge on any atom is 0.585 e. The quantitative estimate of drug-likeness (QED) is 0.544. The minimum Gasteiger partial charge on any atom is -0.539 e. The molecule has 0 amide bonds. The first-order chi connectivity index (χ1) is 16.8. The lowest BCUT2D eigenvalue weighted by Gasteiger charge is -2.51. The SMILES string of the molecule is CN(C)c1cccc2cccc([NH+](C)C)c12.COB1OB(OC)O[B-]2(O1)OB(OC)OB(OC)O2. The van der Waals surface area contributed by atoms with Gasteiger partial charge >= 0.3 is 36.2 Å². The fourth-order valence-electron chi connectivity index (χ4n) is 3.60. The predicted octanol–water partition coefficient (Wildman–Crippen LogP) is -0.244. The Morgan fingerprint density at radius 3 is 1.51 bits per heavy atom. The molecule has 0 aromatic heterocycles. The zero-order valence-corrected chi connectivity index (χ0v) is 21.4. The second-order valence-corrected chi connectivity index (χ2v) is 8.07. The van der Waals surface area contributed by atoms with Crippen molar-refractivity contribution in [2.75, 3.05) is 61.5 Å². The van der Waals surface area contributed by atoms with Gasteiger partial charge in [0.15, 0.2) is 0 Å². The van der Waals surface area contributed by atoms with Crippen LogP contribution in [0.25, 0.3) is 10.8 Å². The van der Waals surface area contributed by atoms with Crippen LogP contribution in [0.5, 0.6) is 0 Å². The third-order valence-corrected chi connectivity index (χ3v) is 5.23. The minimum absolute atomic E-state index is 1.10. The van der Waals surface area contributed by atoms with Gasteiger partial charge in [0.05, 0.1) is 25.2 Å². The number of hydrogen-bond acceptors (Lipinski definition) is 11. The smallest absolute Gasteiger partial charge is 0.539 e. The number of fused-ring (bicyclic) bond motifs is 1. The number of quaternary nitrogens is 1. The van der Waals surface area contributed by atoms with Crippen LogP contribution < -0.4 is 9.80 Å². The Hall–Kier alpha value is -1.62. The molecule has 12 nitrogen and oxygen atoms in total. The van der Waals surface area contributed by atoms with Crippen molar-refractivity contribution >= 4 is 58.4 Å². The summed E-state index contributed by atoms with van der Waals surface area (Å²) in [5, 5.41) is 2.67. The number of rotatable bonds is 6. The molecule has 0 aliphatic carbocycles. The summed E-state index contributed by atoms with van der Waals surface area (Å²) >= 11 is 0. The van der Waals surface area contributed by atoms with E-state index in [9.17, 15) is 0 Å². The average molecular weight is 490 g/mol. The number of nitrogens with one attached hydrogen (secondary N) is 1. The monoisotopic (exact) mass is 490 g/mol. The molecule has 2 heterocycles. The van der Waals surface area contributed by atoms with Crippen molar-refractivity contribution < 1.29 is 50.9 Å². The molecule has 0 unspecified atom stereocenters. The molecule has 0 bridgehead atoms. The molecule has 0 radical (unpaired) electrons. The minimum atomic E-state index is -2.75. The molecule has 2 saturated heterocycles. The van der Waals surface area contributed by atoms with Crippen LogP contribution in [0.15, 0.2) is 36.4 Å². The van der Waals surface area contributed by atoms with Crippen LogP contribution in [0, 0.1) is 0 Å². The Labute approximate surface area is 207 Å². The number of benzene rings is 2. The highest BCUT2D eigenvalue weighted by Crippen LogP contribution is 2.30. The summed E-state index contributed by atoms with van der Waals surface area (Å²) < 4.78 is 51.0. The van der Waals surface area contributed by atoms with E-state index in [1.54, 1.807) is 0 Å². The third kappa shape index (κ3) is 6.78. The van der Waals surface area contributed by atoms with Crippen molar-refractivity contribution in [3.8, 4) is 0 Å². The van der Waals surface area contributed by atoms with Gasteiger partial charge in [0, 0.05) is 42.5 Å². The molecule has 2 aromatic carbocycles. The van der Waals surface area contributed by atoms with E-state index in [1.165, 1.54) is 55.5 Å². The summed E-state index contributed by atoms with van der Waals surface area (Å²) in [6.07, 6.45) is 0. The highest BCUT2D eigenvalue weighted by molar-refractivity contribution is 6.81. The second kappa shape index (κ2) is 12.6. The van der Waals surface area contributed by atoms with E-state index < -0.39 is 36.2 Å². The Bertz CT molecular complexity index is 863. The summed E-state index contributed by atoms with van der Waals surface area (Å²) in [6.45, 7) is -2.75. The molecule has 2 aliphatic rings. The summed E-state index contributed by atoms with van der Waals surface area (Å²) in [7, 11) is 9.58. The van der Waals surface area contributed by atoms with Gasteiger partial charge in [-0.3, -0.25) is 0 Å². The molecule has 2 aliphatic heterocycles. The summed E-state index contributed by atoms with van der Waals surface area (Å²) in [4.78, 5) is 3.54. The lowest BCUT2D eigenvalue weighted by molar-refractivity contribution is -0.785. The predicted molar refractivity (Wildman–Crippen MR) is 134 cm³/mol. The van der Waals surface area contributed by atoms with Crippen molar-refractivity contribution in [3.63, 3.8) is 0 Å². The van der Waals surface area contributed by atoms with E-state index in [2.05, 4.69) is 69.5 Å². The topological polar surface area (TPSA) is 100.0 Å². The summed E-state index contributed by atoms with van der Waals surface area (Å²) in [5.41, 5.74) is 2.64. The molecular weight excluding hydrogens is 458 g/mol. The lowest BCUT2D eigenvalue weighted by atomic mass is 9.83. The van der Waals surface area contributed by atoms with Crippen LogP contribution in [0.4, 0.5) is 11.4 Å².